The largest absolute Gasteiger partial charge is 0.383 e. The van der Waals surface area contributed by atoms with Crippen molar-refractivity contribution in [2.75, 3.05) is 13.7 Å². The Labute approximate surface area is 175 Å². The standard InChI is InChI=1S/C18H16ClN5O2S2/c1-25-8-7-24-16(13-6-3-9-28-13)21-22-17(24)14(27)15-20-18(26-23-15)11-4-2-5-12(19)10-11/h2-6,9-10,14,27H,7-8H2,1H3. The second-order valence-electron chi connectivity index (χ2n) is 5.87. The molecule has 0 saturated carbocycles. The van der Waals surface area contributed by atoms with Crippen molar-refractivity contribution in [1.82, 2.24) is 24.9 Å². The van der Waals surface area contributed by atoms with Gasteiger partial charge in [0, 0.05) is 24.2 Å². The van der Waals surface area contributed by atoms with Crippen LogP contribution in [0.25, 0.3) is 22.2 Å². The van der Waals surface area contributed by atoms with E-state index in [2.05, 4.69) is 33.0 Å². The van der Waals surface area contributed by atoms with Gasteiger partial charge in [0.15, 0.2) is 17.5 Å². The topological polar surface area (TPSA) is 78.9 Å². The maximum absolute atomic E-state index is 6.04. The van der Waals surface area contributed by atoms with Crippen LogP contribution in [0.2, 0.25) is 5.02 Å². The molecule has 0 spiro atoms. The zero-order valence-corrected chi connectivity index (χ0v) is 17.3. The highest BCUT2D eigenvalue weighted by Crippen LogP contribution is 2.31. The molecule has 1 aromatic carbocycles. The summed E-state index contributed by atoms with van der Waals surface area (Å²) in [5.41, 5.74) is 0.743. The van der Waals surface area contributed by atoms with Crippen LogP contribution >= 0.6 is 35.6 Å². The van der Waals surface area contributed by atoms with Gasteiger partial charge in [-0.1, -0.05) is 28.9 Å². The molecule has 0 amide bonds. The number of halogens is 1. The van der Waals surface area contributed by atoms with Gasteiger partial charge >= 0.3 is 0 Å². The fourth-order valence-electron chi connectivity index (χ4n) is 2.71. The minimum absolute atomic E-state index is 0.373. The lowest BCUT2D eigenvalue weighted by Crippen LogP contribution is -2.12. The van der Waals surface area contributed by atoms with Crippen LogP contribution in [0, 0.1) is 0 Å². The maximum Gasteiger partial charge on any atom is 0.258 e. The molecule has 3 heterocycles. The summed E-state index contributed by atoms with van der Waals surface area (Å²) >= 11 is 12.3. The van der Waals surface area contributed by atoms with E-state index in [0.717, 1.165) is 16.3 Å². The highest BCUT2D eigenvalue weighted by atomic mass is 35.5. The van der Waals surface area contributed by atoms with Crippen LogP contribution in [-0.2, 0) is 11.3 Å². The van der Waals surface area contributed by atoms with E-state index in [1.165, 1.54) is 0 Å². The lowest BCUT2D eigenvalue weighted by atomic mass is 10.2. The molecule has 144 valence electrons. The molecule has 1 atom stereocenters. The smallest absolute Gasteiger partial charge is 0.258 e. The van der Waals surface area contributed by atoms with Crippen molar-refractivity contribution >= 4 is 35.6 Å². The van der Waals surface area contributed by atoms with Crippen LogP contribution in [0.5, 0.6) is 0 Å². The van der Waals surface area contributed by atoms with Gasteiger partial charge in [-0.3, -0.25) is 0 Å². The lowest BCUT2D eigenvalue weighted by molar-refractivity contribution is 0.186. The van der Waals surface area contributed by atoms with Gasteiger partial charge in [-0.15, -0.1) is 21.5 Å². The van der Waals surface area contributed by atoms with E-state index in [1.807, 2.05) is 34.2 Å². The molecule has 1 unspecified atom stereocenters. The SMILES string of the molecule is COCCn1c(-c2cccs2)nnc1C(S)c1noc(-c2cccc(Cl)c2)n1. The predicted octanol–water partition coefficient (Wildman–Crippen LogP) is 4.38. The third-order valence-electron chi connectivity index (χ3n) is 4.04. The molecule has 0 fully saturated rings. The van der Waals surface area contributed by atoms with Gasteiger partial charge in [-0.05, 0) is 29.6 Å². The van der Waals surface area contributed by atoms with Crippen molar-refractivity contribution in [3.05, 3.63) is 58.4 Å². The minimum Gasteiger partial charge on any atom is -0.383 e. The molecule has 3 aromatic heterocycles. The van der Waals surface area contributed by atoms with Gasteiger partial charge in [0.25, 0.3) is 5.89 Å². The Balaban J connectivity index is 1.67. The first-order valence-electron chi connectivity index (χ1n) is 8.41. The molecular weight excluding hydrogens is 418 g/mol. The molecule has 10 heteroatoms. The van der Waals surface area contributed by atoms with Crippen molar-refractivity contribution in [1.29, 1.82) is 0 Å². The van der Waals surface area contributed by atoms with Crippen LogP contribution in [0.1, 0.15) is 16.9 Å². The highest BCUT2D eigenvalue weighted by molar-refractivity contribution is 7.80. The number of methoxy groups -OCH3 is 1. The van der Waals surface area contributed by atoms with Crippen molar-refractivity contribution in [2.45, 2.75) is 11.8 Å². The molecule has 0 N–H and O–H groups in total. The first-order valence-corrected chi connectivity index (χ1v) is 10.2. The van der Waals surface area contributed by atoms with E-state index in [4.69, 9.17) is 20.9 Å². The summed E-state index contributed by atoms with van der Waals surface area (Å²) in [6, 6.07) is 11.2. The fraction of sp³-hybridized carbons (Fsp3) is 0.222. The van der Waals surface area contributed by atoms with Crippen molar-refractivity contribution in [3.63, 3.8) is 0 Å². The zero-order chi connectivity index (χ0) is 19.5. The number of benzene rings is 1. The molecule has 0 aliphatic rings. The van der Waals surface area contributed by atoms with Gasteiger partial charge in [0.1, 0.15) is 5.25 Å². The molecule has 0 aliphatic carbocycles. The number of thiophene rings is 1. The summed E-state index contributed by atoms with van der Waals surface area (Å²) in [7, 11) is 1.66. The summed E-state index contributed by atoms with van der Waals surface area (Å²) in [5.74, 6) is 2.17. The number of nitrogens with zero attached hydrogens (tertiary/aromatic N) is 5. The number of rotatable bonds is 7. The second-order valence-corrected chi connectivity index (χ2v) is 7.77. The van der Waals surface area contributed by atoms with Gasteiger partial charge in [0.05, 0.1) is 11.5 Å². The third-order valence-corrected chi connectivity index (χ3v) is 5.61. The molecule has 7 nitrogen and oxygen atoms in total. The number of ether oxygens (including phenoxy) is 1. The quantitative estimate of drug-likeness (QED) is 0.436. The molecule has 4 aromatic rings. The van der Waals surface area contributed by atoms with Crippen LogP contribution in [0.15, 0.2) is 46.3 Å². The number of hydrogen-bond donors (Lipinski definition) is 1. The Morgan fingerprint density at radius 1 is 1.29 bits per heavy atom. The Morgan fingerprint density at radius 3 is 2.93 bits per heavy atom. The van der Waals surface area contributed by atoms with Gasteiger partial charge in [-0.25, -0.2) is 0 Å². The monoisotopic (exact) mass is 433 g/mol. The van der Waals surface area contributed by atoms with Crippen molar-refractivity contribution in [3.8, 4) is 22.2 Å². The van der Waals surface area contributed by atoms with E-state index in [-0.39, 0.29) is 0 Å². The molecule has 0 aliphatic heterocycles. The van der Waals surface area contributed by atoms with E-state index < -0.39 is 5.25 Å². The Hall–Kier alpha value is -2.20. The molecule has 0 radical (unpaired) electrons. The molecule has 28 heavy (non-hydrogen) atoms. The molecule has 4 rings (SSSR count). The number of hydrogen-bond acceptors (Lipinski definition) is 8. The normalized spacial score (nSPS) is 12.4. The summed E-state index contributed by atoms with van der Waals surface area (Å²) in [6.07, 6.45) is 0. The summed E-state index contributed by atoms with van der Waals surface area (Å²) in [5, 5.41) is 14.9. The highest BCUT2D eigenvalue weighted by Gasteiger charge is 2.25. The Bertz CT molecular complexity index is 1060. The molecular formula is C18H16ClN5O2S2. The van der Waals surface area contributed by atoms with E-state index >= 15 is 0 Å². The molecule has 0 bridgehead atoms. The first-order chi connectivity index (χ1) is 13.7. The summed E-state index contributed by atoms with van der Waals surface area (Å²) in [4.78, 5) is 5.49. The summed E-state index contributed by atoms with van der Waals surface area (Å²) < 4.78 is 12.6. The Kier molecular flexibility index (Phi) is 5.77. The number of thiol groups is 1. The third kappa shape index (κ3) is 3.83. The van der Waals surface area contributed by atoms with E-state index in [1.54, 1.807) is 30.6 Å². The van der Waals surface area contributed by atoms with Crippen molar-refractivity contribution in [2.24, 2.45) is 0 Å². The van der Waals surface area contributed by atoms with Crippen LogP contribution in [0.3, 0.4) is 0 Å². The van der Waals surface area contributed by atoms with Crippen LogP contribution in [0.4, 0.5) is 0 Å². The van der Waals surface area contributed by atoms with E-state index in [0.29, 0.717) is 35.7 Å². The van der Waals surface area contributed by atoms with Crippen LogP contribution in [-0.4, -0.2) is 38.6 Å². The first kappa shape index (κ1) is 19.1. The fourth-order valence-corrected chi connectivity index (χ4v) is 3.91. The maximum atomic E-state index is 6.04. The van der Waals surface area contributed by atoms with E-state index in [9.17, 15) is 0 Å². The predicted molar refractivity (Wildman–Crippen MR) is 111 cm³/mol. The average Bonchev–Trinajstić information content (AvgIpc) is 3.46. The van der Waals surface area contributed by atoms with Crippen molar-refractivity contribution < 1.29 is 9.26 Å². The van der Waals surface area contributed by atoms with Crippen LogP contribution < -0.4 is 0 Å². The van der Waals surface area contributed by atoms with Gasteiger partial charge in [0.2, 0.25) is 0 Å². The average molecular weight is 434 g/mol. The van der Waals surface area contributed by atoms with Gasteiger partial charge < -0.3 is 13.8 Å². The lowest BCUT2D eigenvalue weighted by Gasteiger charge is -2.11. The number of aromatic nitrogens is 5. The Morgan fingerprint density at radius 2 is 2.18 bits per heavy atom. The zero-order valence-electron chi connectivity index (χ0n) is 14.8. The second kappa shape index (κ2) is 8.44. The van der Waals surface area contributed by atoms with Gasteiger partial charge in [-0.2, -0.15) is 17.6 Å². The summed E-state index contributed by atoms with van der Waals surface area (Å²) in [6.45, 7) is 1.10. The minimum atomic E-state index is -0.505. The molecule has 0 saturated heterocycles.